The van der Waals surface area contributed by atoms with Crippen molar-refractivity contribution in [3.63, 3.8) is 0 Å². The molecule has 7 heteroatoms. The summed E-state index contributed by atoms with van der Waals surface area (Å²) in [5.74, 6) is 0.0155. The van der Waals surface area contributed by atoms with E-state index in [1.807, 2.05) is 6.07 Å². The number of oxime groups is 1. The predicted octanol–water partition coefficient (Wildman–Crippen LogP) is 2.69. The summed E-state index contributed by atoms with van der Waals surface area (Å²) in [5, 5.41) is 16.6. The largest absolute Gasteiger partial charge is 0.409 e. The molecule has 2 rings (SSSR count). The quantitative estimate of drug-likeness (QED) is 0.385. The lowest BCUT2D eigenvalue weighted by atomic mass is 10.1. The van der Waals surface area contributed by atoms with Gasteiger partial charge in [-0.25, -0.2) is 4.68 Å². The first-order chi connectivity index (χ1) is 8.52. The Hall–Kier alpha value is -1.53. The van der Waals surface area contributed by atoms with Crippen LogP contribution in [0.5, 0.6) is 0 Å². The highest BCUT2D eigenvalue weighted by molar-refractivity contribution is 9.10. The topological polar surface area (TPSA) is 76.4 Å². The number of aromatic nitrogens is 2. The summed E-state index contributed by atoms with van der Waals surface area (Å²) in [5.41, 5.74) is 7.59. The first kappa shape index (κ1) is 12.9. The van der Waals surface area contributed by atoms with E-state index < -0.39 is 0 Å². The highest BCUT2D eigenvalue weighted by atomic mass is 79.9. The minimum atomic E-state index is 0.0155. The zero-order valence-electron chi connectivity index (χ0n) is 9.43. The first-order valence-corrected chi connectivity index (χ1v) is 6.19. The monoisotopic (exact) mass is 328 g/mol. The van der Waals surface area contributed by atoms with Crippen molar-refractivity contribution < 1.29 is 5.21 Å². The maximum Gasteiger partial charge on any atom is 0.172 e. The zero-order chi connectivity index (χ0) is 13.3. The van der Waals surface area contributed by atoms with Gasteiger partial charge in [0.05, 0.1) is 16.4 Å². The summed E-state index contributed by atoms with van der Waals surface area (Å²) in [6.07, 6.45) is 1.67. The van der Waals surface area contributed by atoms with Gasteiger partial charge in [0.1, 0.15) is 0 Å². The Kier molecular flexibility index (Phi) is 3.58. The molecular formula is C11H10BrClN4O. The SMILES string of the molecule is Cc1nn(-c2cc(Br)ccc2/C(N)=N/O)cc1Cl. The van der Waals surface area contributed by atoms with Gasteiger partial charge < -0.3 is 10.9 Å². The second kappa shape index (κ2) is 4.99. The fourth-order valence-corrected chi connectivity index (χ4v) is 2.01. The summed E-state index contributed by atoms with van der Waals surface area (Å²) in [4.78, 5) is 0. The van der Waals surface area contributed by atoms with Crippen LogP contribution in [0.1, 0.15) is 11.3 Å². The van der Waals surface area contributed by atoms with E-state index in [2.05, 4.69) is 26.2 Å². The lowest BCUT2D eigenvalue weighted by Gasteiger charge is -2.08. The molecule has 0 fully saturated rings. The summed E-state index contributed by atoms with van der Waals surface area (Å²) >= 11 is 9.35. The first-order valence-electron chi connectivity index (χ1n) is 5.02. The second-order valence-electron chi connectivity index (χ2n) is 3.65. The van der Waals surface area contributed by atoms with E-state index in [-0.39, 0.29) is 5.84 Å². The van der Waals surface area contributed by atoms with Gasteiger partial charge in [0.25, 0.3) is 0 Å². The molecular weight excluding hydrogens is 320 g/mol. The lowest BCUT2D eigenvalue weighted by Crippen LogP contribution is -2.16. The van der Waals surface area contributed by atoms with Gasteiger partial charge in [0.2, 0.25) is 0 Å². The Morgan fingerprint density at radius 1 is 1.56 bits per heavy atom. The maximum absolute atomic E-state index is 8.78. The molecule has 3 N–H and O–H groups in total. The Bertz CT molecular complexity index is 604. The van der Waals surface area contributed by atoms with Gasteiger partial charge in [-0.2, -0.15) is 5.10 Å². The van der Waals surface area contributed by atoms with Gasteiger partial charge in [0.15, 0.2) is 5.84 Å². The molecule has 5 nitrogen and oxygen atoms in total. The van der Waals surface area contributed by atoms with Crippen LogP contribution in [-0.2, 0) is 0 Å². The van der Waals surface area contributed by atoms with Crippen LogP contribution >= 0.6 is 27.5 Å². The lowest BCUT2D eigenvalue weighted by molar-refractivity contribution is 0.318. The van der Waals surface area contributed by atoms with E-state index in [1.165, 1.54) is 0 Å². The van der Waals surface area contributed by atoms with Crippen LogP contribution < -0.4 is 5.73 Å². The van der Waals surface area contributed by atoms with Crippen LogP contribution in [0.15, 0.2) is 34.0 Å². The van der Waals surface area contributed by atoms with E-state index in [4.69, 9.17) is 22.5 Å². The number of hydrogen-bond acceptors (Lipinski definition) is 3. The molecule has 94 valence electrons. The number of nitrogens with zero attached hydrogens (tertiary/aromatic N) is 3. The number of nitrogens with two attached hydrogens (primary N) is 1. The third-order valence-corrected chi connectivity index (χ3v) is 3.29. The maximum atomic E-state index is 8.78. The fourth-order valence-electron chi connectivity index (χ4n) is 1.53. The second-order valence-corrected chi connectivity index (χ2v) is 4.98. The van der Waals surface area contributed by atoms with E-state index in [1.54, 1.807) is 29.9 Å². The van der Waals surface area contributed by atoms with E-state index in [9.17, 15) is 0 Å². The molecule has 0 atom stereocenters. The van der Waals surface area contributed by atoms with Crippen LogP contribution in [0.3, 0.4) is 0 Å². The highest BCUT2D eigenvalue weighted by Gasteiger charge is 2.12. The number of hydrogen-bond donors (Lipinski definition) is 2. The van der Waals surface area contributed by atoms with Gasteiger partial charge in [-0.3, -0.25) is 0 Å². The predicted molar refractivity (Wildman–Crippen MR) is 73.5 cm³/mol. The molecule has 0 aliphatic rings. The van der Waals surface area contributed by atoms with Crippen LogP contribution in [-0.4, -0.2) is 20.8 Å². The molecule has 0 aliphatic heterocycles. The molecule has 1 aromatic carbocycles. The zero-order valence-corrected chi connectivity index (χ0v) is 11.8. The molecule has 0 amide bonds. The standard InChI is InChI=1S/C11H10BrClN4O/c1-6-9(13)5-17(15-6)10-4-7(12)2-3-8(10)11(14)16-18/h2-5,18H,1H3,(H2,14,16). The van der Waals surface area contributed by atoms with Crippen molar-refractivity contribution in [1.29, 1.82) is 0 Å². The van der Waals surface area contributed by atoms with Crippen LogP contribution in [0.2, 0.25) is 5.02 Å². The Balaban J connectivity index is 2.65. The minimum Gasteiger partial charge on any atom is -0.409 e. The molecule has 0 radical (unpaired) electrons. The number of rotatable bonds is 2. The smallest absolute Gasteiger partial charge is 0.172 e. The Morgan fingerprint density at radius 3 is 2.83 bits per heavy atom. The van der Waals surface area contributed by atoms with Gasteiger partial charge in [-0.05, 0) is 25.1 Å². The minimum absolute atomic E-state index is 0.0155. The van der Waals surface area contributed by atoms with Gasteiger partial charge >= 0.3 is 0 Å². The van der Waals surface area contributed by atoms with Crippen molar-refractivity contribution in [3.05, 3.63) is 45.1 Å². The normalized spacial score (nSPS) is 11.8. The molecule has 0 saturated carbocycles. The molecule has 0 aliphatic carbocycles. The molecule has 1 heterocycles. The summed E-state index contributed by atoms with van der Waals surface area (Å²) in [7, 11) is 0. The van der Waals surface area contributed by atoms with Crippen LogP contribution in [0.25, 0.3) is 5.69 Å². The summed E-state index contributed by atoms with van der Waals surface area (Å²) < 4.78 is 2.45. The molecule has 1 aromatic heterocycles. The number of benzene rings is 1. The van der Waals surface area contributed by atoms with Gasteiger partial charge in [-0.1, -0.05) is 32.7 Å². The van der Waals surface area contributed by atoms with Crippen molar-refractivity contribution >= 4 is 33.4 Å². The number of aryl methyl sites for hydroxylation is 1. The molecule has 0 bridgehead atoms. The summed E-state index contributed by atoms with van der Waals surface area (Å²) in [6, 6.07) is 5.35. The third kappa shape index (κ3) is 2.34. The Morgan fingerprint density at radius 2 is 2.28 bits per heavy atom. The van der Waals surface area contributed by atoms with Crippen molar-refractivity contribution in [1.82, 2.24) is 9.78 Å². The van der Waals surface area contributed by atoms with E-state index in [0.717, 1.165) is 4.47 Å². The van der Waals surface area contributed by atoms with Crippen molar-refractivity contribution in [2.75, 3.05) is 0 Å². The molecule has 0 unspecified atom stereocenters. The van der Waals surface area contributed by atoms with Crippen LogP contribution in [0, 0.1) is 6.92 Å². The molecule has 2 aromatic rings. The van der Waals surface area contributed by atoms with E-state index >= 15 is 0 Å². The molecule has 0 spiro atoms. The van der Waals surface area contributed by atoms with Crippen molar-refractivity contribution in [3.8, 4) is 5.69 Å². The van der Waals surface area contributed by atoms with Gasteiger partial charge in [0, 0.05) is 16.2 Å². The molecule has 18 heavy (non-hydrogen) atoms. The number of halogens is 2. The fraction of sp³-hybridized carbons (Fsp3) is 0.0909. The summed E-state index contributed by atoms with van der Waals surface area (Å²) in [6.45, 7) is 1.81. The third-order valence-electron chi connectivity index (χ3n) is 2.43. The van der Waals surface area contributed by atoms with E-state index in [0.29, 0.717) is 22.0 Å². The average Bonchev–Trinajstić information content (AvgIpc) is 2.68. The molecule has 0 saturated heterocycles. The average molecular weight is 330 g/mol. The van der Waals surface area contributed by atoms with Crippen LogP contribution in [0.4, 0.5) is 0 Å². The Labute approximate surface area is 117 Å². The van der Waals surface area contributed by atoms with Crippen molar-refractivity contribution in [2.24, 2.45) is 10.9 Å². The number of amidine groups is 1. The highest BCUT2D eigenvalue weighted by Crippen LogP contribution is 2.22. The van der Waals surface area contributed by atoms with Crippen molar-refractivity contribution in [2.45, 2.75) is 6.92 Å². The van der Waals surface area contributed by atoms with Gasteiger partial charge in [-0.15, -0.1) is 0 Å².